The van der Waals surface area contributed by atoms with Crippen molar-refractivity contribution >= 4 is 89.5 Å². The summed E-state index contributed by atoms with van der Waals surface area (Å²) < 4.78 is 128. The largest absolute Gasteiger partial charge is 0.501 e. The molecule has 1 saturated carbocycles. The van der Waals surface area contributed by atoms with Gasteiger partial charge in [0.1, 0.15) is 10.7 Å². The molecule has 3 unspecified atom stereocenters. The summed E-state index contributed by atoms with van der Waals surface area (Å²) in [5.41, 5.74) is 7.37. The van der Waals surface area contributed by atoms with Gasteiger partial charge in [0, 0.05) is 136 Å². The van der Waals surface area contributed by atoms with Gasteiger partial charge < -0.3 is 31.5 Å². The molecule has 0 bridgehead atoms. The van der Waals surface area contributed by atoms with Crippen LogP contribution in [0.5, 0.6) is 0 Å². The Balaban J connectivity index is 0.756. The number of alkyl halides is 5. The lowest BCUT2D eigenvalue weighted by molar-refractivity contribution is -0.139. The van der Waals surface area contributed by atoms with Crippen LogP contribution in [0.25, 0.3) is 10.4 Å². The van der Waals surface area contributed by atoms with Crippen molar-refractivity contribution in [3.63, 3.8) is 0 Å². The highest BCUT2D eigenvalue weighted by Crippen LogP contribution is 2.43. The predicted octanol–water partition coefficient (Wildman–Crippen LogP) is 13.7. The molecule has 110 heavy (non-hydrogen) atoms. The number of halogens is 5. The van der Waals surface area contributed by atoms with Crippen LogP contribution >= 0.6 is 23.1 Å². The van der Waals surface area contributed by atoms with Gasteiger partial charge >= 0.3 is 5.51 Å². The zero-order chi connectivity index (χ0) is 79.7. The summed E-state index contributed by atoms with van der Waals surface area (Å²) in [6.45, 7) is 21.0. The van der Waals surface area contributed by atoms with Crippen LogP contribution in [0.15, 0.2) is 153 Å². The van der Waals surface area contributed by atoms with E-state index in [1.54, 1.807) is 43.3 Å². The third-order valence-electron chi connectivity index (χ3n) is 21.4. The SMILES string of the molecule is C=CC(CCC1=C(CN2CCN(c3ccc(C(=O)NS(=O)(=O)c4ccc(N[C@H](CCN5CCN(C(=O)CCCCCNC(=O)C[C@H](NC(=O)[C@@H]6CCCC6C(=O)C(C(=O)C=C(C)N)C(C)C)c6ccc(-c7scnc7C)cc6)CC5)CSc5ccccc5)c(S(=O)(=O)C(F)(F)F)c4)cc3)CC2)CCC(C)(C)C1)C(F)F. The number of nitrogens with zero attached hydrogens (tertiary/aromatic N) is 5. The number of nitrogens with one attached hydrogen (secondary N) is 4. The second-order valence-corrected chi connectivity index (χ2v) is 36.1. The fourth-order valence-corrected chi connectivity index (χ4v) is 18.9. The molecule has 4 aromatic carbocycles. The number of carbonyl (C=O) groups is 6. The summed E-state index contributed by atoms with van der Waals surface area (Å²) in [6.07, 6.45) is 7.64. The number of aryl methyl sites for hydroxylation is 1. The molecule has 3 heterocycles. The molecule has 0 radical (unpaired) electrons. The molecule has 3 fully saturated rings. The third-order valence-corrected chi connectivity index (χ3v) is 26.4. The van der Waals surface area contributed by atoms with Crippen LogP contribution in [-0.2, 0) is 43.8 Å². The first kappa shape index (κ1) is 86.2. The lowest BCUT2D eigenvalue weighted by atomic mass is 9.72. The fraction of sp³-hybridized carbons (Fsp3) is 0.519. The molecule has 598 valence electrons. The summed E-state index contributed by atoms with van der Waals surface area (Å²) in [7, 11) is -11.2. The molecule has 29 heteroatoms. The number of aromatic nitrogens is 1. The second kappa shape index (κ2) is 39.1. The van der Waals surface area contributed by atoms with Crippen LogP contribution < -0.4 is 31.3 Å². The van der Waals surface area contributed by atoms with Gasteiger partial charge in [0.2, 0.25) is 24.1 Å². The Morgan fingerprint density at radius 3 is 2.15 bits per heavy atom. The van der Waals surface area contributed by atoms with E-state index in [1.165, 1.54) is 58.5 Å². The smallest absolute Gasteiger partial charge is 0.402 e. The van der Waals surface area contributed by atoms with Gasteiger partial charge in [-0.15, -0.1) is 29.7 Å². The molecule has 2 saturated heterocycles. The number of amides is 4. The number of hydrogen-bond donors (Lipinski definition) is 5. The first-order valence-corrected chi connectivity index (χ1v) is 42.8. The number of anilines is 2. The van der Waals surface area contributed by atoms with Crippen LogP contribution in [0.1, 0.15) is 152 Å². The molecule has 9 rings (SSSR count). The quantitative estimate of drug-likeness (QED) is 0.00617. The Hall–Kier alpha value is -7.83. The van der Waals surface area contributed by atoms with E-state index < -0.39 is 88.9 Å². The van der Waals surface area contributed by atoms with Gasteiger partial charge in [0.25, 0.3) is 25.8 Å². The van der Waals surface area contributed by atoms with Crippen LogP contribution in [0.3, 0.4) is 0 Å². The van der Waals surface area contributed by atoms with E-state index in [0.717, 1.165) is 64.7 Å². The molecule has 6 atom stereocenters. The van der Waals surface area contributed by atoms with E-state index in [1.807, 2.05) is 66.2 Å². The molecule has 20 nitrogen and oxygen atoms in total. The summed E-state index contributed by atoms with van der Waals surface area (Å²) in [4.78, 5) is 94.7. The summed E-state index contributed by atoms with van der Waals surface area (Å²) in [6, 6.07) is 23.8. The van der Waals surface area contributed by atoms with Crippen molar-refractivity contribution in [2.45, 2.75) is 170 Å². The Morgan fingerprint density at radius 2 is 1.51 bits per heavy atom. The molecule has 5 aromatic rings. The van der Waals surface area contributed by atoms with Crippen LogP contribution in [0.4, 0.5) is 33.3 Å². The number of unbranched alkanes of at least 4 members (excludes halogenated alkanes) is 2. The molecule has 4 amide bonds. The summed E-state index contributed by atoms with van der Waals surface area (Å²) in [5, 5.41) is 9.09. The van der Waals surface area contributed by atoms with E-state index in [9.17, 15) is 67.6 Å². The molecule has 1 aromatic heterocycles. The molecule has 0 spiro atoms. The molecule has 4 aliphatic rings. The first-order valence-electron chi connectivity index (χ1n) is 37.9. The monoisotopic (exact) mass is 1600 g/mol. The number of nitrogens with two attached hydrogens (primary N) is 1. The Morgan fingerprint density at radius 1 is 0.827 bits per heavy atom. The highest BCUT2D eigenvalue weighted by molar-refractivity contribution is 7.99. The van der Waals surface area contributed by atoms with Gasteiger partial charge in [0.15, 0.2) is 5.78 Å². The Labute approximate surface area is 652 Å². The fourth-order valence-electron chi connectivity index (χ4n) is 15.1. The number of hydrogen-bond acceptors (Lipinski definition) is 18. The average Bonchev–Trinajstić information content (AvgIpc) is 0.867. The number of allylic oxidation sites excluding steroid dienone is 4. The van der Waals surface area contributed by atoms with E-state index >= 15 is 0 Å². The van der Waals surface area contributed by atoms with Crippen molar-refractivity contribution < 1.29 is 67.6 Å². The van der Waals surface area contributed by atoms with Crippen molar-refractivity contribution in [3.05, 3.63) is 155 Å². The average molecular weight is 1600 g/mol. The zero-order valence-corrected chi connectivity index (χ0v) is 66.9. The van der Waals surface area contributed by atoms with Gasteiger partial charge in [-0.05, 0) is 155 Å². The summed E-state index contributed by atoms with van der Waals surface area (Å²) >= 11 is 2.89. The van der Waals surface area contributed by atoms with Crippen molar-refractivity contribution in [3.8, 4) is 10.4 Å². The van der Waals surface area contributed by atoms with Gasteiger partial charge in [-0.2, -0.15) is 13.2 Å². The van der Waals surface area contributed by atoms with E-state index in [-0.39, 0.29) is 70.5 Å². The topological polar surface area (TPSA) is 271 Å². The number of ketones is 2. The standard InChI is InChI=1S/C81H105F5N10O10S4/c1-8-56(77(82)83)21-26-60-49-80(6,7)35-33-61(60)50-94-40-42-95(43-41-94)63-29-27-59(28-30-63)78(101)92-110(105,106)65-31-32-68(71(47-65)109(103,104)81(84,85)86)90-62(51-107-64-16-11-9-12-17-64)34-37-93-38-44-96(45-39-93)73(99)20-13-10-14-36-88-72(98)48-69(57-22-24-58(25-23-57)76-55(5)89-52-108-76)91-79(102)67-19-15-18-66(67)75(100)74(53(2)3)70(97)46-54(4)87/h8-9,11-12,16-17,22-25,27-32,46-47,52-53,56,62,66-67,69,74,77,90H,1,10,13-15,18-21,26,33-45,48-51,87H2,2-7H3,(H,88,98)(H,91,102)(H,92,101)/t56?,62-,66?,67-,69+,74?/m1/s1. The number of sulfonamides is 1. The minimum atomic E-state index is -6.20. The number of thiazole rings is 1. The number of benzene rings is 4. The van der Waals surface area contributed by atoms with Gasteiger partial charge in [-0.1, -0.05) is 100 Å². The molecular weight excluding hydrogens is 1500 g/mol. The predicted molar refractivity (Wildman–Crippen MR) is 422 cm³/mol. The number of Topliss-reactive ketones (excluding diaryl/α,β-unsaturated/α-hetero) is 1. The number of rotatable bonds is 37. The van der Waals surface area contributed by atoms with Crippen molar-refractivity contribution in [2.75, 3.05) is 88.0 Å². The van der Waals surface area contributed by atoms with Crippen LogP contribution in [0, 0.1) is 41.9 Å². The minimum Gasteiger partial charge on any atom is -0.402 e. The number of carbonyl (C=O) groups excluding carboxylic acids is 6. The van der Waals surface area contributed by atoms with Crippen molar-refractivity contribution in [1.29, 1.82) is 0 Å². The third kappa shape index (κ3) is 23.6. The molecular formula is C81H105F5N10O10S4. The van der Waals surface area contributed by atoms with E-state index in [2.05, 4.69) is 56.1 Å². The summed E-state index contributed by atoms with van der Waals surface area (Å²) in [5.74, 6) is -5.70. The molecule has 2 aliphatic heterocycles. The maximum atomic E-state index is 14.6. The van der Waals surface area contributed by atoms with E-state index in [4.69, 9.17) is 5.73 Å². The van der Waals surface area contributed by atoms with Gasteiger partial charge in [0.05, 0.1) is 45.0 Å². The van der Waals surface area contributed by atoms with E-state index in [0.29, 0.717) is 135 Å². The lowest BCUT2D eigenvalue weighted by Gasteiger charge is -2.39. The number of thioether (sulfide) groups is 1. The zero-order valence-electron chi connectivity index (χ0n) is 63.6. The first-order chi connectivity index (χ1) is 52.2. The number of piperazine rings is 2. The van der Waals surface area contributed by atoms with Gasteiger partial charge in [-0.25, -0.2) is 35.3 Å². The second-order valence-electron chi connectivity index (χ2n) is 30.5. The highest BCUT2D eigenvalue weighted by atomic mass is 32.2. The molecule has 6 N–H and O–H groups in total. The lowest BCUT2D eigenvalue weighted by Crippen LogP contribution is -2.49. The highest BCUT2D eigenvalue weighted by Gasteiger charge is 2.49. The Bertz CT molecular complexity index is 4310. The van der Waals surface area contributed by atoms with Crippen LogP contribution in [0.2, 0.25) is 0 Å². The number of sulfone groups is 1. The van der Waals surface area contributed by atoms with Crippen molar-refractivity contribution in [2.24, 2.45) is 40.7 Å². The minimum absolute atomic E-state index is 0.0428. The van der Waals surface area contributed by atoms with Crippen molar-refractivity contribution in [1.82, 2.24) is 35.0 Å². The Kier molecular flexibility index (Phi) is 30.6. The maximum absolute atomic E-state index is 14.6. The maximum Gasteiger partial charge on any atom is 0.501 e. The van der Waals surface area contributed by atoms with Crippen LogP contribution in [-0.4, -0.2) is 167 Å². The van der Waals surface area contributed by atoms with Gasteiger partial charge in [-0.3, -0.25) is 38.6 Å². The molecule has 2 aliphatic carbocycles. The normalized spacial score (nSPS) is 18.7.